The third-order valence-electron chi connectivity index (χ3n) is 2.23. The molecule has 0 heterocycles. The van der Waals surface area contributed by atoms with Gasteiger partial charge in [-0.15, -0.1) is 0 Å². The van der Waals surface area contributed by atoms with E-state index in [0.29, 0.717) is 29.8 Å². The Hall–Kier alpha value is -0.630. The average molecular weight is 338 g/mol. The maximum absolute atomic E-state index is 12.1. The number of hydrogen-bond donors (Lipinski definition) is 1. The number of sulfonamides is 1. The Morgan fingerprint density at radius 1 is 1.33 bits per heavy atom. The van der Waals surface area contributed by atoms with E-state index in [1.165, 1.54) is 13.2 Å². The van der Waals surface area contributed by atoms with Crippen LogP contribution in [0.1, 0.15) is 6.42 Å². The fraction of sp³-hybridized carbons (Fsp3) is 0.455. The maximum atomic E-state index is 12.1. The molecule has 0 aliphatic heterocycles. The van der Waals surface area contributed by atoms with Crippen molar-refractivity contribution in [2.45, 2.75) is 11.3 Å². The summed E-state index contributed by atoms with van der Waals surface area (Å²) in [5, 5.41) is 0. The molecule has 1 aromatic rings. The molecule has 0 amide bonds. The Labute approximate surface area is 116 Å². The van der Waals surface area contributed by atoms with Crippen LogP contribution in [0, 0.1) is 0 Å². The Kier molecular flexibility index (Phi) is 6.07. The van der Waals surface area contributed by atoms with Crippen molar-refractivity contribution < 1.29 is 17.9 Å². The Balaban J connectivity index is 2.87. The van der Waals surface area contributed by atoms with E-state index in [0.717, 1.165) is 0 Å². The molecule has 0 aliphatic rings. The highest BCUT2D eigenvalue weighted by molar-refractivity contribution is 9.10. The van der Waals surface area contributed by atoms with Crippen LogP contribution in [0.2, 0.25) is 0 Å². The third-order valence-corrected chi connectivity index (χ3v) is 4.21. The summed E-state index contributed by atoms with van der Waals surface area (Å²) in [6.45, 7) is 0.837. The van der Waals surface area contributed by atoms with Crippen LogP contribution in [0.25, 0.3) is 0 Å². The van der Waals surface area contributed by atoms with Crippen molar-refractivity contribution in [3.63, 3.8) is 0 Å². The maximum Gasteiger partial charge on any atom is 0.244 e. The second-order valence-corrected chi connectivity index (χ2v) is 6.19. The van der Waals surface area contributed by atoms with E-state index in [-0.39, 0.29) is 4.90 Å². The fourth-order valence-electron chi connectivity index (χ4n) is 1.36. The quantitative estimate of drug-likeness (QED) is 0.770. The van der Waals surface area contributed by atoms with Crippen molar-refractivity contribution in [3.05, 3.63) is 22.7 Å². The van der Waals surface area contributed by atoms with Gasteiger partial charge in [0.05, 0.1) is 7.11 Å². The Bertz CT molecular complexity index is 490. The number of nitrogens with one attached hydrogen (secondary N) is 1. The summed E-state index contributed by atoms with van der Waals surface area (Å²) < 4.78 is 37.2. The van der Waals surface area contributed by atoms with Crippen LogP contribution in [-0.4, -0.2) is 35.8 Å². The second-order valence-electron chi connectivity index (χ2n) is 3.54. The molecule has 7 heteroatoms. The first-order chi connectivity index (χ1) is 8.51. The van der Waals surface area contributed by atoms with Gasteiger partial charge in [-0.05, 0) is 24.6 Å². The van der Waals surface area contributed by atoms with Crippen LogP contribution in [0.4, 0.5) is 0 Å². The van der Waals surface area contributed by atoms with Gasteiger partial charge in [0, 0.05) is 24.7 Å². The first kappa shape index (κ1) is 15.4. The molecule has 0 atom stereocenters. The second kappa shape index (κ2) is 7.08. The summed E-state index contributed by atoms with van der Waals surface area (Å²) in [6, 6.07) is 4.84. The van der Waals surface area contributed by atoms with E-state index < -0.39 is 10.0 Å². The van der Waals surface area contributed by atoms with Crippen LogP contribution >= 0.6 is 15.9 Å². The number of methoxy groups -OCH3 is 2. The SMILES string of the molecule is COCCCNS(=O)(=O)c1cc(Br)ccc1OC. The van der Waals surface area contributed by atoms with Crippen LogP contribution in [-0.2, 0) is 14.8 Å². The number of benzene rings is 1. The topological polar surface area (TPSA) is 64.6 Å². The van der Waals surface area contributed by atoms with Crippen molar-refractivity contribution >= 4 is 26.0 Å². The van der Waals surface area contributed by atoms with Gasteiger partial charge in [-0.25, -0.2) is 13.1 Å². The van der Waals surface area contributed by atoms with E-state index in [2.05, 4.69) is 20.7 Å². The van der Waals surface area contributed by atoms with Crippen molar-refractivity contribution in [2.24, 2.45) is 0 Å². The van der Waals surface area contributed by atoms with Gasteiger partial charge in [-0.1, -0.05) is 15.9 Å². The molecule has 0 bridgehead atoms. The summed E-state index contributed by atoms with van der Waals surface area (Å²) in [5.74, 6) is 0.317. The van der Waals surface area contributed by atoms with Crippen molar-refractivity contribution in [1.82, 2.24) is 4.72 Å². The molecule has 1 rings (SSSR count). The van der Waals surface area contributed by atoms with Crippen LogP contribution in [0.3, 0.4) is 0 Å². The van der Waals surface area contributed by atoms with Crippen molar-refractivity contribution in [3.8, 4) is 5.75 Å². The summed E-state index contributed by atoms with van der Waals surface area (Å²) in [6.07, 6.45) is 0.617. The Morgan fingerprint density at radius 2 is 2.06 bits per heavy atom. The molecule has 5 nitrogen and oxygen atoms in total. The molecule has 0 radical (unpaired) electrons. The zero-order valence-corrected chi connectivity index (χ0v) is 12.7. The molecule has 0 unspecified atom stereocenters. The molecule has 0 saturated carbocycles. The smallest absolute Gasteiger partial charge is 0.244 e. The number of ether oxygens (including phenoxy) is 2. The molecular weight excluding hydrogens is 322 g/mol. The van der Waals surface area contributed by atoms with Gasteiger partial charge in [0.2, 0.25) is 10.0 Å². The first-order valence-corrected chi connectivity index (χ1v) is 7.61. The molecule has 0 spiro atoms. The normalized spacial score (nSPS) is 11.5. The fourth-order valence-corrected chi connectivity index (χ4v) is 3.14. The van der Waals surface area contributed by atoms with E-state index in [1.54, 1.807) is 19.2 Å². The molecule has 1 N–H and O–H groups in total. The monoisotopic (exact) mass is 337 g/mol. The summed E-state index contributed by atoms with van der Waals surface area (Å²) in [7, 11) is -0.554. The van der Waals surface area contributed by atoms with Gasteiger partial charge in [0.25, 0.3) is 0 Å². The molecule has 1 aromatic carbocycles. The minimum atomic E-state index is -3.57. The van der Waals surface area contributed by atoms with Crippen molar-refractivity contribution in [2.75, 3.05) is 27.4 Å². The molecule has 18 heavy (non-hydrogen) atoms. The van der Waals surface area contributed by atoms with E-state index in [9.17, 15) is 8.42 Å². The minimum Gasteiger partial charge on any atom is -0.495 e. The average Bonchev–Trinajstić information content (AvgIpc) is 2.35. The number of rotatable bonds is 7. The first-order valence-electron chi connectivity index (χ1n) is 5.33. The number of halogens is 1. The molecule has 0 aliphatic carbocycles. The lowest BCUT2D eigenvalue weighted by Crippen LogP contribution is -2.26. The third kappa shape index (κ3) is 4.24. The summed E-state index contributed by atoms with van der Waals surface area (Å²) in [4.78, 5) is 0.122. The number of hydrogen-bond acceptors (Lipinski definition) is 4. The van der Waals surface area contributed by atoms with Gasteiger partial charge < -0.3 is 9.47 Å². The largest absolute Gasteiger partial charge is 0.495 e. The van der Waals surface area contributed by atoms with Gasteiger partial charge in [0.1, 0.15) is 10.6 Å². The standard InChI is InChI=1S/C11H16BrNO4S/c1-16-7-3-6-13-18(14,15)11-8-9(12)4-5-10(11)17-2/h4-5,8,13H,3,6-7H2,1-2H3. The minimum absolute atomic E-state index is 0.122. The summed E-state index contributed by atoms with van der Waals surface area (Å²) >= 11 is 3.24. The molecule has 0 saturated heterocycles. The molecule has 102 valence electrons. The van der Waals surface area contributed by atoms with Gasteiger partial charge in [-0.3, -0.25) is 0 Å². The highest BCUT2D eigenvalue weighted by Crippen LogP contribution is 2.26. The van der Waals surface area contributed by atoms with E-state index in [4.69, 9.17) is 9.47 Å². The molecule has 0 aromatic heterocycles. The van der Waals surface area contributed by atoms with Crippen LogP contribution in [0.15, 0.2) is 27.6 Å². The van der Waals surface area contributed by atoms with E-state index in [1.807, 2.05) is 0 Å². The molecule has 0 fully saturated rings. The van der Waals surface area contributed by atoms with Gasteiger partial charge in [0.15, 0.2) is 0 Å². The molecular formula is C11H16BrNO4S. The van der Waals surface area contributed by atoms with E-state index >= 15 is 0 Å². The lowest BCUT2D eigenvalue weighted by Gasteiger charge is -2.11. The highest BCUT2D eigenvalue weighted by Gasteiger charge is 2.19. The predicted octanol–water partition coefficient (Wildman–Crippen LogP) is 1.77. The highest BCUT2D eigenvalue weighted by atomic mass is 79.9. The zero-order chi connectivity index (χ0) is 13.6. The zero-order valence-electron chi connectivity index (χ0n) is 10.3. The Morgan fingerprint density at radius 3 is 2.67 bits per heavy atom. The lowest BCUT2D eigenvalue weighted by atomic mass is 10.3. The predicted molar refractivity (Wildman–Crippen MR) is 72.4 cm³/mol. The van der Waals surface area contributed by atoms with Gasteiger partial charge >= 0.3 is 0 Å². The lowest BCUT2D eigenvalue weighted by molar-refractivity contribution is 0.196. The van der Waals surface area contributed by atoms with Crippen LogP contribution in [0.5, 0.6) is 5.75 Å². The van der Waals surface area contributed by atoms with Crippen LogP contribution < -0.4 is 9.46 Å². The van der Waals surface area contributed by atoms with Crippen molar-refractivity contribution in [1.29, 1.82) is 0 Å². The summed E-state index contributed by atoms with van der Waals surface area (Å²) in [5.41, 5.74) is 0. The van der Waals surface area contributed by atoms with Gasteiger partial charge in [-0.2, -0.15) is 0 Å².